The predicted octanol–water partition coefficient (Wildman–Crippen LogP) is 2.45. The van der Waals surface area contributed by atoms with E-state index in [1.807, 2.05) is 7.05 Å². The van der Waals surface area contributed by atoms with Crippen LogP contribution in [0.15, 0.2) is 17.1 Å². The van der Waals surface area contributed by atoms with Crippen LogP contribution in [0, 0.1) is 11.8 Å². The Morgan fingerprint density at radius 1 is 1.35 bits per heavy atom. The highest BCUT2D eigenvalue weighted by Gasteiger charge is 2.48. The van der Waals surface area contributed by atoms with Crippen LogP contribution in [0.3, 0.4) is 0 Å². The van der Waals surface area contributed by atoms with Gasteiger partial charge in [0.1, 0.15) is 11.6 Å². The molecule has 1 N–H and O–H groups in total. The molecule has 1 aromatic carbocycles. The molecule has 1 atom stereocenters. The Morgan fingerprint density at radius 3 is 2.81 bits per heavy atom. The summed E-state index contributed by atoms with van der Waals surface area (Å²) in [5.41, 5.74) is 3.33. The number of ether oxygens (including phenoxy) is 2. The lowest BCUT2D eigenvalue weighted by molar-refractivity contribution is 0.110. The van der Waals surface area contributed by atoms with Crippen LogP contribution in [0.2, 0.25) is 0 Å². The van der Waals surface area contributed by atoms with Crippen molar-refractivity contribution < 1.29 is 9.47 Å². The number of hydrogen-bond donors (Lipinski definition) is 1. The van der Waals surface area contributed by atoms with Crippen LogP contribution in [-0.4, -0.2) is 57.7 Å². The molecule has 1 aliphatic carbocycles. The highest BCUT2D eigenvalue weighted by atomic mass is 16.5. The normalized spacial score (nSPS) is 23.0. The smallest absolute Gasteiger partial charge is 0.134 e. The maximum absolute atomic E-state index is 5.65. The zero-order valence-corrected chi connectivity index (χ0v) is 15.9. The summed E-state index contributed by atoms with van der Waals surface area (Å²) in [4.78, 5) is 7.18. The topological polar surface area (TPSA) is 46.1 Å². The Balaban J connectivity index is 1.57. The van der Waals surface area contributed by atoms with Gasteiger partial charge in [-0.2, -0.15) is 0 Å². The van der Waals surface area contributed by atoms with Gasteiger partial charge in [0.2, 0.25) is 0 Å². The van der Waals surface area contributed by atoms with Crippen molar-refractivity contribution in [1.82, 2.24) is 10.2 Å². The third kappa shape index (κ3) is 2.78. The second-order valence-corrected chi connectivity index (χ2v) is 7.40. The Morgan fingerprint density at radius 2 is 2.19 bits per heavy atom. The van der Waals surface area contributed by atoms with Gasteiger partial charge in [-0.25, -0.2) is 4.99 Å². The monoisotopic (exact) mass is 353 g/mol. The van der Waals surface area contributed by atoms with E-state index in [0.29, 0.717) is 6.10 Å². The van der Waals surface area contributed by atoms with Crippen LogP contribution < -0.4 is 10.1 Å². The van der Waals surface area contributed by atoms with E-state index < -0.39 is 0 Å². The number of likely N-dealkylation sites (tertiary alicyclic amines) is 1. The van der Waals surface area contributed by atoms with Crippen LogP contribution >= 0.6 is 0 Å². The van der Waals surface area contributed by atoms with E-state index >= 15 is 0 Å². The van der Waals surface area contributed by atoms with E-state index in [1.165, 1.54) is 12.0 Å². The lowest BCUT2D eigenvalue weighted by atomic mass is 9.64. The van der Waals surface area contributed by atoms with E-state index in [2.05, 4.69) is 34.2 Å². The van der Waals surface area contributed by atoms with Gasteiger partial charge in [0, 0.05) is 27.2 Å². The van der Waals surface area contributed by atoms with Gasteiger partial charge in [-0.15, -0.1) is 0 Å². The van der Waals surface area contributed by atoms with E-state index in [1.54, 1.807) is 14.2 Å². The number of hydrogen-bond acceptors (Lipinski definition) is 5. The lowest BCUT2D eigenvalue weighted by Crippen LogP contribution is -2.45. The van der Waals surface area contributed by atoms with Crippen molar-refractivity contribution >= 4 is 11.5 Å². The summed E-state index contributed by atoms with van der Waals surface area (Å²) >= 11 is 0. The summed E-state index contributed by atoms with van der Waals surface area (Å²) in [6.45, 7) is 2.77. The maximum atomic E-state index is 5.65. The van der Waals surface area contributed by atoms with Crippen molar-refractivity contribution in [2.75, 3.05) is 40.9 Å². The molecular formula is C21H27N3O2. The Labute approximate surface area is 155 Å². The van der Waals surface area contributed by atoms with Crippen molar-refractivity contribution in [1.29, 1.82) is 0 Å². The Bertz CT molecular complexity index is 786. The molecule has 5 nitrogen and oxygen atoms in total. The lowest BCUT2D eigenvalue weighted by Gasteiger charge is -2.40. The number of aliphatic imine (C=N–C) groups is 1. The number of likely N-dealkylation sites (N-methyl/N-ethyl adjacent to an activating group) is 1. The fourth-order valence-corrected chi connectivity index (χ4v) is 4.38. The predicted molar refractivity (Wildman–Crippen MR) is 103 cm³/mol. The molecule has 26 heavy (non-hydrogen) atoms. The quantitative estimate of drug-likeness (QED) is 0.848. The second-order valence-electron chi connectivity index (χ2n) is 7.40. The number of nitrogens with zero attached hydrogens (tertiary/aromatic N) is 2. The van der Waals surface area contributed by atoms with E-state index in [4.69, 9.17) is 14.5 Å². The maximum Gasteiger partial charge on any atom is 0.134 e. The Hall–Kier alpha value is -2.03. The number of amidine groups is 1. The van der Waals surface area contributed by atoms with E-state index in [9.17, 15) is 0 Å². The van der Waals surface area contributed by atoms with Gasteiger partial charge in [-0.1, -0.05) is 18.3 Å². The molecule has 1 spiro atoms. The number of methoxy groups -OCH3 is 2. The first-order valence-corrected chi connectivity index (χ1v) is 9.43. The summed E-state index contributed by atoms with van der Waals surface area (Å²) < 4.78 is 11.1. The average molecular weight is 353 g/mol. The first-order valence-electron chi connectivity index (χ1n) is 9.43. The van der Waals surface area contributed by atoms with Gasteiger partial charge in [0.25, 0.3) is 0 Å². The number of benzene rings is 1. The highest BCUT2D eigenvalue weighted by Crippen LogP contribution is 2.53. The van der Waals surface area contributed by atoms with Gasteiger partial charge in [0.05, 0.1) is 36.4 Å². The summed E-state index contributed by atoms with van der Waals surface area (Å²) in [5, 5.41) is 3.31. The molecular weight excluding hydrogens is 326 g/mol. The number of rotatable bonds is 3. The summed E-state index contributed by atoms with van der Waals surface area (Å²) in [7, 11) is 5.47. The number of nitrogens with one attached hydrogen (secondary N) is 1. The van der Waals surface area contributed by atoms with Crippen molar-refractivity contribution in [3.8, 4) is 17.6 Å². The second kappa shape index (κ2) is 6.94. The standard InChI is InChI=1S/C21H27N3O2/c1-22-20-21(8-5-9-21)17-13-19(26-3)15(12-18(17)23-20)6-4-10-24-11-7-16(14-24)25-2/h12-13,16H,5,7-11,14H2,1-3H3,(H,22,23). The fourth-order valence-electron chi connectivity index (χ4n) is 4.38. The molecule has 0 aromatic heterocycles. The van der Waals surface area contributed by atoms with Crippen LogP contribution in [0.25, 0.3) is 0 Å². The van der Waals surface area contributed by atoms with Gasteiger partial charge >= 0.3 is 0 Å². The minimum atomic E-state index is 0.0774. The van der Waals surface area contributed by atoms with Crippen LogP contribution in [0.5, 0.6) is 5.75 Å². The van der Waals surface area contributed by atoms with Gasteiger partial charge in [-0.05, 0) is 37.0 Å². The Kier molecular flexibility index (Phi) is 4.64. The molecule has 138 valence electrons. The van der Waals surface area contributed by atoms with Crippen molar-refractivity contribution in [2.45, 2.75) is 37.2 Å². The molecule has 2 fully saturated rings. The molecule has 5 heteroatoms. The molecule has 4 rings (SSSR count). The molecule has 2 heterocycles. The molecule has 2 aliphatic heterocycles. The summed E-state index contributed by atoms with van der Waals surface area (Å²) in [6.07, 6.45) is 5.00. The van der Waals surface area contributed by atoms with Crippen LogP contribution in [0.4, 0.5) is 5.69 Å². The average Bonchev–Trinajstić information content (AvgIpc) is 3.21. The van der Waals surface area contributed by atoms with Crippen LogP contribution in [0.1, 0.15) is 36.8 Å². The molecule has 1 unspecified atom stereocenters. The first-order chi connectivity index (χ1) is 12.7. The summed E-state index contributed by atoms with van der Waals surface area (Å²) in [6, 6.07) is 4.25. The van der Waals surface area contributed by atoms with Crippen molar-refractivity contribution in [3.63, 3.8) is 0 Å². The van der Waals surface area contributed by atoms with Gasteiger partial charge < -0.3 is 14.8 Å². The highest BCUT2D eigenvalue weighted by molar-refractivity contribution is 6.01. The largest absolute Gasteiger partial charge is 0.495 e. The minimum absolute atomic E-state index is 0.0774. The zero-order chi connectivity index (χ0) is 18.1. The van der Waals surface area contributed by atoms with Crippen molar-refractivity contribution in [2.24, 2.45) is 4.99 Å². The third-order valence-electron chi connectivity index (χ3n) is 6.05. The fraction of sp³-hybridized carbons (Fsp3) is 0.571. The molecule has 3 aliphatic rings. The zero-order valence-electron chi connectivity index (χ0n) is 15.9. The van der Waals surface area contributed by atoms with Crippen LogP contribution in [-0.2, 0) is 10.2 Å². The minimum Gasteiger partial charge on any atom is -0.495 e. The number of fused-ring (bicyclic) bond motifs is 2. The molecule has 0 radical (unpaired) electrons. The van der Waals surface area contributed by atoms with E-state index in [0.717, 1.165) is 61.7 Å². The van der Waals surface area contributed by atoms with Crippen molar-refractivity contribution in [3.05, 3.63) is 23.3 Å². The van der Waals surface area contributed by atoms with Gasteiger partial charge in [0.15, 0.2) is 0 Å². The third-order valence-corrected chi connectivity index (χ3v) is 6.05. The molecule has 0 amide bonds. The SMILES string of the molecule is CNC1=Nc2cc(C#CCN3CCC(OC)C3)c(OC)cc2C12CCC2. The summed E-state index contributed by atoms with van der Waals surface area (Å²) in [5.74, 6) is 8.55. The first kappa shape index (κ1) is 17.4. The molecule has 0 bridgehead atoms. The molecule has 1 saturated heterocycles. The molecule has 1 saturated carbocycles. The van der Waals surface area contributed by atoms with E-state index in [-0.39, 0.29) is 5.41 Å². The molecule has 1 aromatic rings. The van der Waals surface area contributed by atoms with Gasteiger partial charge in [-0.3, -0.25) is 4.90 Å².